The van der Waals surface area contributed by atoms with Gasteiger partial charge in [-0.05, 0) is 53.5 Å². The van der Waals surface area contributed by atoms with Crippen molar-refractivity contribution < 1.29 is 23.9 Å². The number of nitrogens with zero attached hydrogens (tertiary/aromatic N) is 2. The van der Waals surface area contributed by atoms with Crippen molar-refractivity contribution >= 4 is 35.0 Å². The molecule has 0 fully saturated rings. The van der Waals surface area contributed by atoms with E-state index in [-0.39, 0.29) is 24.8 Å². The number of carbonyl (C=O) groups is 3. The highest BCUT2D eigenvalue weighted by atomic mass is 35.5. The van der Waals surface area contributed by atoms with Crippen LogP contribution in [0.15, 0.2) is 72.9 Å². The van der Waals surface area contributed by atoms with E-state index in [1.807, 2.05) is 36.4 Å². The number of esters is 1. The summed E-state index contributed by atoms with van der Waals surface area (Å²) in [6.45, 7) is 0.943. The smallest absolute Gasteiger partial charge is 0.325 e. The normalized spacial score (nSPS) is 12.9. The largest absolute Gasteiger partial charge is 0.486 e. The zero-order chi connectivity index (χ0) is 26.2. The number of amides is 2. The van der Waals surface area contributed by atoms with Gasteiger partial charge in [-0.1, -0.05) is 48.0 Å². The number of methoxy groups -OCH3 is 1. The highest BCUT2D eigenvalue weighted by Crippen LogP contribution is 2.28. The number of pyridine rings is 1. The number of aromatic nitrogens is 1. The number of ether oxygens (including phenoxy) is 2. The van der Waals surface area contributed by atoms with Crippen molar-refractivity contribution in [2.75, 3.05) is 26.7 Å². The predicted molar refractivity (Wildman–Crippen MR) is 139 cm³/mol. The summed E-state index contributed by atoms with van der Waals surface area (Å²) in [5.74, 6) is -0.877. The Hall–Kier alpha value is -4.17. The van der Waals surface area contributed by atoms with Crippen molar-refractivity contribution in [2.24, 2.45) is 0 Å². The lowest BCUT2D eigenvalue weighted by Gasteiger charge is -2.27. The Morgan fingerprint density at radius 3 is 2.51 bits per heavy atom. The summed E-state index contributed by atoms with van der Waals surface area (Å²) < 4.78 is 10.6. The molecule has 1 aliphatic rings. The predicted octanol–water partition coefficient (Wildman–Crippen LogP) is 4.15. The van der Waals surface area contributed by atoms with E-state index >= 15 is 0 Å². The standard InChI is InChI=1S/C28H26ClN3O5/c1-36-25(33)17-31-27(34)26-24(37-18-19-5-3-2-4-6-19)15-22(16-30-26)20-11-13-32(14-12-20)28(35)21-7-9-23(29)10-8-21/h2-11,15-16H,12-14,17-18H2,1H3,(H,31,34). The Balaban J connectivity index is 1.52. The molecule has 1 aromatic heterocycles. The van der Waals surface area contributed by atoms with Crippen LogP contribution in [0.25, 0.3) is 5.57 Å². The lowest BCUT2D eigenvalue weighted by atomic mass is 10.00. The minimum Gasteiger partial charge on any atom is -0.486 e. The Kier molecular flexibility index (Phi) is 8.53. The van der Waals surface area contributed by atoms with Crippen LogP contribution < -0.4 is 10.1 Å². The molecule has 37 heavy (non-hydrogen) atoms. The molecule has 3 aromatic rings. The average molecular weight is 520 g/mol. The number of hydrogen-bond acceptors (Lipinski definition) is 6. The van der Waals surface area contributed by atoms with Gasteiger partial charge in [0, 0.05) is 29.9 Å². The van der Waals surface area contributed by atoms with E-state index in [9.17, 15) is 14.4 Å². The van der Waals surface area contributed by atoms with Gasteiger partial charge in [0.2, 0.25) is 0 Å². The Labute approximate surface area is 219 Å². The molecular weight excluding hydrogens is 494 g/mol. The third kappa shape index (κ3) is 6.74. The van der Waals surface area contributed by atoms with Gasteiger partial charge in [0.1, 0.15) is 13.2 Å². The fraction of sp³-hybridized carbons (Fsp3) is 0.214. The monoisotopic (exact) mass is 519 g/mol. The number of halogens is 1. The van der Waals surface area contributed by atoms with Crippen LogP contribution in [0.5, 0.6) is 5.75 Å². The number of rotatable bonds is 8. The first kappa shape index (κ1) is 25.9. The van der Waals surface area contributed by atoms with Gasteiger partial charge in [0.05, 0.1) is 7.11 Å². The van der Waals surface area contributed by atoms with Crippen molar-refractivity contribution in [3.8, 4) is 5.75 Å². The molecule has 1 aliphatic heterocycles. The van der Waals surface area contributed by atoms with Crippen molar-refractivity contribution in [1.29, 1.82) is 0 Å². The van der Waals surface area contributed by atoms with E-state index in [1.54, 1.807) is 41.4 Å². The molecule has 0 bridgehead atoms. The van der Waals surface area contributed by atoms with Crippen molar-refractivity contribution in [2.45, 2.75) is 13.0 Å². The Bertz CT molecular complexity index is 1310. The van der Waals surface area contributed by atoms with E-state index < -0.39 is 11.9 Å². The number of hydrogen-bond donors (Lipinski definition) is 1. The summed E-state index contributed by atoms with van der Waals surface area (Å²) in [5, 5.41) is 3.08. The van der Waals surface area contributed by atoms with Gasteiger partial charge in [-0.3, -0.25) is 14.4 Å². The highest BCUT2D eigenvalue weighted by molar-refractivity contribution is 6.30. The number of benzene rings is 2. The van der Waals surface area contributed by atoms with Crippen LogP contribution in [-0.4, -0.2) is 54.4 Å². The highest BCUT2D eigenvalue weighted by Gasteiger charge is 2.22. The van der Waals surface area contributed by atoms with E-state index in [2.05, 4.69) is 15.0 Å². The molecule has 0 unspecified atom stereocenters. The SMILES string of the molecule is COC(=O)CNC(=O)c1ncc(C2=CCN(C(=O)c3ccc(Cl)cc3)CC2)cc1OCc1ccccc1. The topological polar surface area (TPSA) is 97.8 Å². The summed E-state index contributed by atoms with van der Waals surface area (Å²) in [5.41, 5.74) is 3.38. The minimum absolute atomic E-state index is 0.0606. The molecule has 2 amide bonds. The van der Waals surface area contributed by atoms with Crippen molar-refractivity contribution in [1.82, 2.24) is 15.2 Å². The van der Waals surface area contributed by atoms with E-state index in [0.29, 0.717) is 35.8 Å². The van der Waals surface area contributed by atoms with Crippen molar-refractivity contribution in [3.05, 3.63) is 100 Å². The van der Waals surface area contributed by atoms with Gasteiger partial charge < -0.3 is 19.7 Å². The molecule has 0 atom stereocenters. The van der Waals surface area contributed by atoms with Gasteiger partial charge in [-0.2, -0.15) is 0 Å². The summed E-state index contributed by atoms with van der Waals surface area (Å²) in [6, 6.07) is 18.2. The molecule has 0 saturated carbocycles. The maximum atomic E-state index is 12.8. The van der Waals surface area contributed by atoms with Gasteiger partial charge in [0.15, 0.2) is 11.4 Å². The quantitative estimate of drug-likeness (QED) is 0.449. The molecule has 8 nitrogen and oxygen atoms in total. The van der Waals surface area contributed by atoms with Crippen LogP contribution in [0.4, 0.5) is 0 Å². The second-order valence-electron chi connectivity index (χ2n) is 8.34. The Morgan fingerprint density at radius 1 is 1.08 bits per heavy atom. The molecule has 9 heteroatoms. The first-order chi connectivity index (χ1) is 17.9. The second-order valence-corrected chi connectivity index (χ2v) is 8.78. The molecule has 2 heterocycles. The second kappa shape index (κ2) is 12.2. The van der Waals surface area contributed by atoms with Crippen LogP contribution >= 0.6 is 11.6 Å². The van der Waals surface area contributed by atoms with Gasteiger partial charge in [-0.15, -0.1) is 0 Å². The maximum absolute atomic E-state index is 12.8. The molecule has 2 aromatic carbocycles. The maximum Gasteiger partial charge on any atom is 0.325 e. The number of carbonyl (C=O) groups excluding carboxylic acids is 3. The van der Waals surface area contributed by atoms with Gasteiger partial charge >= 0.3 is 5.97 Å². The molecule has 0 spiro atoms. The zero-order valence-corrected chi connectivity index (χ0v) is 21.0. The minimum atomic E-state index is -0.568. The molecule has 190 valence electrons. The summed E-state index contributed by atoms with van der Waals surface area (Å²) in [7, 11) is 1.25. The molecule has 0 radical (unpaired) electrons. The summed E-state index contributed by atoms with van der Waals surface area (Å²) in [4.78, 5) is 43.1. The lowest BCUT2D eigenvalue weighted by molar-refractivity contribution is -0.139. The van der Waals surface area contributed by atoms with Crippen LogP contribution in [0.2, 0.25) is 5.02 Å². The fourth-order valence-corrected chi connectivity index (χ4v) is 3.96. The van der Waals surface area contributed by atoms with Crippen LogP contribution in [0.1, 0.15) is 38.4 Å². The fourth-order valence-electron chi connectivity index (χ4n) is 3.84. The average Bonchev–Trinajstić information content (AvgIpc) is 2.95. The Morgan fingerprint density at radius 2 is 1.84 bits per heavy atom. The van der Waals surface area contributed by atoms with Gasteiger partial charge in [0.25, 0.3) is 11.8 Å². The lowest BCUT2D eigenvalue weighted by Crippen LogP contribution is -2.34. The summed E-state index contributed by atoms with van der Waals surface area (Å²) in [6.07, 6.45) is 4.20. The summed E-state index contributed by atoms with van der Waals surface area (Å²) >= 11 is 5.93. The van der Waals surface area contributed by atoms with E-state index in [1.165, 1.54) is 7.11 Å². The molecule has 0 saturated heterocycles. The molecule has 0 aliphatic carbocycles. The first-order valence-electron chi connectivity index (χ1n) is 11.7. The van der Waals surface area contributed by atoms with Gasteiger partial charge in [-0.25, -0.2) is 4.98 Å². The first-order valence-corrected chi connectivity index (χ1v) is 12.1. The zero-order valence-electron chi connectivity index (χ0n) is 20.3. The van der Waals surface area contributed by atoms with Crippen LogP contribution in [-0.2, 0) is 16.1 Å². The number of nitrogens with one attached hydrogen (secondary N) is 1. The van der Waals surface area contributed by atoms with Crippen LogP contribution in [0, 0.1) is 0 Å². The molecular formula is C28H26ClN3O5. The van der Waals surface area contributed by atoms with Crippen molar-refractivity contribution in [3.63, 3.8) is 0 Å². The van der Waals surface area contributed by atoms with E-state index in [4.69, 9.17) is 16.3 Å². The van der Waals surface area contributed by atoms with E-state index in [0.717, 1.165) is 16.7 Å². The third-order valence-electron chi connectivity index (χ3n) is 5.88. The van der Waals surface area contributed by atoms with Crippen LogP contribution in [0.3, 0.4) is 0 Å². The molecule has 1 N–H and O–H groups in total. The molecule has 4 rings (SSSR count). The third-order valence-corrected chi connectivity index (χ3v) is 6.14.